The standard InChI is InChI=1S/C14H20O2/c1-5-8-16-14-12(7-3)9-11(6-2)10-13(14)15-4/h6,9-10H,2,5,7-8H2,1,3-4H3. The number of methoxy groups -OCH3 is 1. The number of aryl methyl sites for hydroxylation is 1. The molecule has 0 unspecified atom stereocenters. The highest BCUT2D eigenvalue weighted by molar-refractivity contribution is 5.58. The van der Waals surface area contributed by atoms with Gasteiger partial charge in [-0.1, -0.05) is 26.5 Å². The topological polar surface area (TPSA) is 18.5 Å². The van der Waals surface area contributed by atoms with Gasteiger partial charge in [0, 0.05) is 0 Å². The van der Waals surface area contributed by atoms with Crippen molar-refractivity contribution in [3.8, 4) is 11.5 Å². The molecule has 0 saturated carbocycles. The van der Waals surface area contributed by atoms with Crippen LogP contribution >= 0.6 is 0 Å². The molecule has 1 rings (SSSR count). The molecule has 0 aromatic heterocycles. The van der Waals surface area contributed by atoms with Crippen LogP contribution in [0.3, 0.4) is 0 Å². The van der Waals surface area contributed by atoms with Gasteiger partial charge in [-0.2, -0.15) is 0 Å². The predicted molar refractivity (Wildman–Crippen MR) is 68.2 cm³/mol. The molecule has 2 nitrogen and oxygen atoms in total. The molecule has 0 aliphatic heterocycles. The fourth-order valence-corrected chi connectivity index (χ4v) is 1.58. The Balaban J connectivity index is 3.14. The molecule has 0 bridgehead atoms. The zero-order valence-electron chi connectivity index (χ0n) is 10.4. The largest absolute Gasteiger partial charge is 0.493 e. The van der Waals surface area contributed by atoms with Crippen LogP contribution in [0.15, 0.2) is 18.7 Å². The summed E-state index contributed by atoms with van der Waals surface area (Å²) < 4.78 is 11.1. The molecule has 2 heteroatoms. The van der Waals surface area contributed by atoms with Gasteiger partial charge < -0.3 is 9.47 Å². The first-order valence-electron chi connectivity index (χ1n) is 5.72. The minimum Gasteiger partial charge on any atom is -0.493 e. The van der Waals surface area contributed by atoms with Crippen molar-refractivity contribution in [3.05, 3.63) is 29.8 Å². The fourth-order valence-electron chi connectivity index (χ4n) is 1.58. The molecule has 0 heterocycles. The maximum Gasteiger partial charge on any atom is 0.164 e. The van der Waals surface area contributed by atoms with E-state index >= 15 is 0 Å². The highest BCUT2D eigenvalue weighted by Crippen LogP contribution is 2.33. The second-order valence-electron chi connectivity index (χ2n) is 3.62. The summed E-state index contributed by atoms with van der Waals surface area (Å²) in [5.41, 5.74) is 2.24. The number of ether oxygens (including phenoxy) is 2. The van der Waals surface area contributed by atoms with Crippen LogP contribution in [0.2, 0.25) is 0 Å². The highest BCUT2D eigenvalue weighted by Gasteiger charge is 2.10. The van der Waals surface area contributed by atoms with Crippen LogP contribution in [0.4, 0.5) is 0 Å². The first-order valence-corrected chi connectivity index (χ1v) is 5.72. The summed E-state index contributed by atoms with van der Waals surface area (Å²) in [4.78, 5) is 0. The smallest absolute Gasteiger partial charge is 0.164 e. The lowest BCUT2D eigenvalue weighted by atomic mass is 10.1. The Labute approximate surface area is 97.9 Å². The van der Waals surface area contributed by atoms with Gasteiger partial charge in [0.15, 0.2) is 11.5 Å². The van der Waals surface area contributed by atoms with E-state index in [2.05, 4.69) is 26.5 Å². The van der Waals surface area contributed by atoms with E-state index in [0.717, 1.165) is 36.5 Å². The van der Waals surface area contributed by atoms with Gasteiger partial charge in [0.1, 0.15) is 0 Å². The van der Waals surface area contributed by atoms with Crippen LogP contribution in [-0.4, -0.2) is 13.7 Å². The van der Waals surface area contributed by atoms with Gasteiger partial charge in [0.2, 0.25) is 0 Å². The van der Waals surface area contributed by atoms with Crippen LogP contribution in [0.5, 0.6) is 11.5 Å². The van der Waals surface area contributed by atoms with E-state index in [-0.39, 0.29) is 0 Å². The van der Waals surface area contributed by atoms with Gasteiger partial charge in [-0.05, 0) is 36.1 Å². The van der Waals surface area contributed by atoms with Crippen molar-refractivity contribution in [2.24, 2.45) is 0 Å². The van der Waals surface area contributed by atoms with Crippen molar-refractivity contribution in [3.63, 3.8) is 0 Å². The molecule has 0 aliphatic rings. The summed E-state index contributed by atoms with van der Waals surface area (Å²) >= 11 is 0. The zero-order chi connectivity index (χ0) is 12.0. The van der Waals surface area contributed by atoms with E-state index in [1.807, 2.05) is 12.1 Å². The van der Waals surface area contributed by atoms with Crippen LogP contribution < -0.4 is 9.47 Å². The van der Waals surface area contributed by atoms with Crippen molar-refractivity contribution in [2.75, 3.05) is 13.7 Å². The highest BCUT2D eigenvalue weighted by atomic mass is 16.5. The van der Waals surface area contributed by atoms with Crippen molar-refractivity contribution in [2.45, 2.75) is 26.7 Å². The van der Waals surface area contributed by atoms with Crippen molar-refractivity contribution < 1.29 is 9.47 Å². The normalized spacial score (nSPS) is 9.94. The van der Waals surface area contributed by atoms with E-state index in [0.29, 0.717) is 0 Å². The van der Waals surface area contributed by atoms with Gasteiger partial charge in [-0.3, -0.25) is 0 Å². The van der Waals surface area contributed by atoms with Gasteiger partial charge in [0.25, 0.3) is 0 Å². The van der Waals surface area contributed by atoms with Crippen LogP contribution in [0.1, 0.15) is 31.4 Å². The van der Waals surface area contributed by atoms with Crippen LogP contribution in [0, 0.1) is 0 Å². The third-order valence-corrected chi connectivity index (χ3v) is 2.44. The summed E-state index contributed by atoms with van der Waals surface area (Å²) in [6, 6.07) is 4.05. The third kappa shape index (κ3) is 2.78. The SMILES string of the molecule is C=Cc1cc(CC)c(OCCC)c(OC)c1. The zero-order valence-corrected chi connectivity index (χ0v) is 10.4. The Hall–Kier alpha value is -1.44. The second-order valence-corrected chi connectivity index (χ2v) is 3.62. The van der Waals surface area contributed by atoms with Crippen molar-refractivity contribution >= 4 is 6.08 Å². The Morgan fingerprint density at radius 1 is 1.31 bits per heavy atom. The average Bonchev–Trinajstić information content (AvgIpc) is 2.35. The quantitative estimate of drug-likeness (QED) is 0.728. The molecule has 0 saturated heterocycles. The van der Waals surface area contributed by atoms with E-state index in [4.69, 9.17) is 9.47 Å². The number of hydrogen-bond acceptors (Lipinski definition) is 2. The van der Waals surface area contributed by atoms with E-state index in [1.165, 1.54) is 5.56 Å². The minimum absolute atomic E-state index is 0.719. The lowest BCUT2D eigenvalue weighted by molar-refractivity contribution is 0.291. The summed E-state index contributed by atoms with van der Waals surface area (Å²) in [6.07, 6.45) is 3.75. The Kier molecular flexibility index (Phi) is 4.90. The molecule has 1 aromatic carbocycles. The molecule has 0 spiro atoms. The van der Waals surface area contributed by atoms with E-state index < -0.39 is 0 Å². The molecule has 16 heavy (non-hydrogen) atoms. The number of hydrogen-bond donors (Lipinski definition) is 0. The number of benzene rings is 1. The summed E-state index contributed by atoms with van der Waals surface area (Å²) in [5.74, 6) is 1.67. The lowest BCUT2D eigenvalue weighted by Crippen LogP contribution is -2.01. The Morgan fingerprint density at radius 3 is 2.56 bits per heavy atom. The monoisotopic (exact) mass is 220 g/mol. The molecule has 0 amide bonds. The molecular formula is C14H20O2. The van der Waals surface area contributed by atoms with Crippen molar-refractivity contribution in [1.82, 2.24) is 0 Å². The van der Waals surface area contributed by atoms with Gasteiger partial charge in [-0.25, -0.2) is 0 Å². The van der Waals surface area contributed by atoms with E-state index in [9.17, 15) is 0 Å². The third-order valence-electron chi connectivity index (χ3n) is 2.44. The maximum absolute atomic E-state index is 5.74. The molecule has 0 N–H and O–H groups in total. The fraction of sp³-hybridized carbons (Fsp3) is 0.429. The molecule has 0 atom stereocenters. The van der Waals surface area contributed by atoms with Gasteiger partial charge in [-0.15, -0.1) is 0 Å². The van der Waals surface area contributed by atoms with Crippen molar-refractivity contribution in [1.29, 1.82) is 0 Å². The maximum atomic E-state index is 5.74. The predicted octanol–water partition coefficient (Wildman–Crippen LogP) is 3.69. The van der Waals surface area contributed by atoms with Gasteiger partial charge in [0.05, 0.1) is 13.7 Å². The average molecular weight is 220 g/mol. The second kappa shape index (κ2) is 6.21. The Morgan fingerprint density at radius 2 is 2.06 bits per heavy atom. The molecular weight excluding hydrogens is 200 g/mol. The minimum atomic E-state index is 0.719. The van der Waals surface area contributed by atoms with E-state index in [1.54, 1.807) is 7.11 Å². The first kappa shape index (κ1) is 12.6. The van der Waals surface area contributed by atoms with Crippen LogP contribution in [-0.2, 0) is 6.42 Å². The molecule has 1 aromatic rings. The van der Waals surface area contributed by atoms with Gasteiger partial charge >= 0.3 is 0 Å². The van der Waals surface area contributed by atoms with Crippen LogP contribution in [0.25, 0.3) is 6.08 Å². The Bertz CT molecular complexity index is 331. The molecule has 88 valence electrons. The summed E-state index contributed by atoms with van der Waals surface area (Å²) in [6.45, 7) is 8.70. The molecule has 0 radical (unpaired) electrons. The number of rotatable bonds is 6. The molecule has 0 aliphatic carbocycles. The first-order chi connectivity index (χ1) is 7.76. The molecule has 0 fully saturated rings. The lowest BCUT2D eigenvalue weighted by Gasteiger charge is -2.15. The summed E-state index contributed by atoms with van der Waals surface area (Å²) in [5, 5.41) is 0. The summed E-state index contributed by atoms with van der Waals surface area (Å²) in [7, 11) is 1.67.